The fourth-order valence-corrected chi connectivity index (χ4v) is 2.76. The van der Waals surface area contributed by atoms with Crippen LogP contribution in [-0.4, -0.2) is 18.9 Å². The van der Waals surface area contributed by atoms with Gasteiger partial charge in [-0.1, -0.05) is 25.1 Å². The van der Waals surface area contributed by atoms with Crippen molar-refractivity contribution in [3.05, 3.63) is 53.1 Å². The Labute approximate surface area is 122 Å². The Morgan fingerprint density at radius 1 is 1.05 bits per heavy atom. The number of ether oxygens (including phenoxy) is 1. The molecule has 0 atom stereocenters. The van der Waals surface area contributed by atoms with Crippen LogP contribution in [0.4, 0.5) is 0 Å². The summed E-state index contributed by atoms with van der Waals surface area (Å²) in [7, 11) is 1.62. The monoisotopic (exact) mass is 281 g/mol. The largest absolute Gasteiger partial charge is 0.497 e. The van der Waals surface area contributed by atoms with E-state index in [1.165, 1.54) is 0 Å². The lowest BCUT2D eigenvalue weighted by Gasteiger charge is -2.12. The van der Waals surface area contributed by atoms with Gasteiger partial charge in [0, 0.05) is 0 Å². The zero-order valence-electron chi connectivity index (χ0n) is 11.9. The van der Waals surface area contributed by atoms with Crippen LogP contribution in [0.3, 0.4) is 0 Å². The summed E-state index contributed by atoms with van der Waals surface area (Å²) in [6, 6.07) is 11.3. The third-order valence-electron chi connectivity index (χ3n) is 3.75. The number of methoxy groups -OCH3 is 1. The number of nitrogens with one attached hydrogen (secondary N) is 1. The first-order valence-electron chi connectivity index (χ1n) is 6.81. The summed E-state index contributed by atoms with van der Waals surface area (Å²) in [6.07, 6.45) is 0.677. The molecule has 0 aromatic heterocycles. The van der Waals surface area contributed by atoms with Crippen molar-refractivity contribution in [1.82, 2.24) is 5.32 Å². The molecule has 0 fully saturated rings. The minimum Gasteiger partial charge on any atom is -0.497 e. The Hall–Kier alpha value is -2.62. The van der Waals surface area contributed by atoms with Gasteiger partial charge in [0.1, 0.15) is 5.75 Å². The predicted molar refractivity (Wildman–Crippen MR) is 79.6 cm³/mol. The van der Waals surface area contributed by atoms with Crippen molar-refractivity contribution in [1.29, 1.82) is 0 Å². The highest BCUT2D eigenvalue weighted by Gasteiger charge is 2.30. The molecule has 1 heterocycles. The van der Waals surface area contributed by atoms with Crippen LogP contribution in [0, 0.1) is 0 Å². The summed E-state index contributed by atoms with van der Waals surface area (Å²) in [6.45, 7) is 1.98. The van der Waals surface area contributed by atoms with Crippen molar-refractivity contribution in [2.24, 2.45) is 0 Å². The van der Waals surface area contributed by atoms with Crippen LogP contribution in [0.1, 0.15) is 33.2 Å². The first-order chi connectivity index (χ1) is 10.2. The molecule has 2 amide bonds. The molecule has 0 saturated heterocycles. The molecule has 4 nitrogen and oxygen atoms in total. The zero-order valence-corrected chi connectivity index (χ0v) is 11.9. The highest BCUT2D eigenvalue weighted by atomic mass is 16.5. The lowest BCUT2D eigenvalue weighted by Crippen LogP contribution is -2.20. The van der Waals surface area contributed by atoms with Crippen molar-refractivity contribution in [3.63, 3.8) is 0 Å². The first-order valence-corrected chi connectivity index (χ1v) is 6.81. The van der Waals surface area contributed by atoms with Gasteiger partial charge in [0.15, 0.2) is 0 Å². The van der Waals surface area contributed by atoms with Crippen LogP contribution in [0.2, 0.25) is 0 Å². The molecule has 0 unspecified atom stereocenters. The Balaban J connectivity index is 2.22. The van der Waals surface area contributed by atoms with E-state index in [1.54, 1.807) is 13.2 Å². The minimum absolute atomic E-state index is 0.309. The van der Waals surface area contributed by atoms with E-state index in [1.807, 2.05) is 37.3 Å². The van der Waals surface area contributed by atoms with Crippen molar-refractivity contribution < 1.29 is 14.3 Å². The molecular weight excluding hydrogens is 266 g/mol. The Morgan fingerprint density at radius 3 is 2.52 bits per heavy atom. The smallest absolute Gasteiger partial charge is 0.259 e. The van der Waals surface area contributed by atoms with Gasteiger partial charge in [0.05, 0.1) is 18.2 Å². The average molecular weight is 281 g/mol. The molecule has 2 aromatic rings. The second-order valence-electron chi connectivity index (χ2n) is 4.88. The van der Waals surface area contributed by atoms with Crippen LogP contribution >= 0.6 is 0 Å². The van der Waals surface area contributed by atoms with Crippen molar-refractivity contribution in [2.45, 2.75) is 13.3 Å². The second kappa shape index (κ2) is 5.05. The molecule has 0 spiro atoms. The summed E-state index contributed by atoms with van der Waals surface area (Å²) in [4.78, 5) is 23.7. The maximum Gasteiger partial charge on any atom is 0.259 e. The van der Waals surface area contributed by atoms with Crippen molar-refractivity contribution in [2.75, 3.05) is 7.11 Å². The fraction of sp³-hybridized carbons (Fsp3) is 0.176. The Kier molecular flexibility index (Phi) is 3.22. The zero-order chi connectivity index (χ0) is 15.0. The number of carbonyl (C=O) groups is 2. The van der Waals surface area contributed by atoms with Crippen LogP contribution in [-0.2, 0) is 6.42 Å². The topological polar surface area (TPSA) is 55.4 Å². The van der Waals surface area contributed by atoms with E-state index in [0.29, 0.717) is 17.5 Å². The standard InChI is InChI=1S/C17H15NO3/c1-3-12-13(10-5-4-6-11(9-10)21-2)7-8-14-15(12)17(20)18-16(14)19/h4-9H,3H2,1-2H3,(H,18,19,20). The Morgan fingerprint density at radius 2 is 1.81 bits per heavy atom. The number of rotatable bonds is 3. The molecule has 1 aliphatic heterocycles. The third kappa shape index (κ3) is 2.09. The van der Waals surface area contributed by atoms with Gasteiger partial charge in [-0.25, -0.2) is 0 Å². The third-order valence-corrected chi connectivity index (χ3v) is 3.75. The molecule has 106 valence electrons. The molecule has 4 heteroatoms. The van der Waals surface area contributed by atoms with E-state index < -0.39 is 0 Å². The first kappa shape index (κ1) is 13.4. The molecule has 3 rings (SSSR count). The van der Waals surface area contributed by atoms with Gasteiger partial charge in [-0.05, 0) is 41.3 Å². The van der Waals surface area contributed by atoms with E-state index in [0.717, 1.165) is 22.4 Å². The van der Waals surface area contributed by atoms with E-state index in [4.69, 9.17) is 4.74 Å². The van der Waals surface area contributed by atoms with E-state index in [-0.39, 0.29) is 11.8 Å². The van der Waals surface area contributed by atoms with E-state index in [9.17, 15) is 9.59 Å². The maximum atomic E-state index is 12.0. The van der Waals surface area contributed by atoms with Crippen molar-refractivity contribution in [3.8, 4) is 16.9 Å². The summed E-state index contributed by atoms with van der Waals surface area (Å²) < 4.78 is 5.25. The molecule has 2 aromatic carbocycles. The molecule has 0 radical (unpaired) electrons. The summed E-state index contributed by atoms with van der Waals surface area (Å²) in [5.41, 5.74) is 3.79. The summed E-state index contributed by atoms with van der Waals surface area (Å²) in [5.74, 6) is 0.133. The van der Waals surface area contributed by atoms with Gasteiger partial charge in [0.25, 0.3) is 11.8 Å². The predicted octanol–water partition coefficient (Wildman–Crippen LogP) is 2.81. The van der Waals surface area contributed by atoms with E-state index in [2.05, 4.69) is 5.32 Å². The van der Waals surface area contributed by atoms with Gasteiger partial charge in [-0.15, -0.1) is 0 Å². The molecule has 0 bridgehead atoms. The number of fused-ring (bicyclic) bond motifs is 1. The molecule has 0 saturated carbocycles. The van der Waals surface area contributed by atoms with E-state index >= 15 is 0 Å². The normalized spacial score (nSPS) is 13.0. The van der Waals surface area contributed by atoms with Gasteiger partial charge in [-0.3, -0.25) is 14.9 Å². The number of carbonyl (C=O) groups excluding carboxylic acids is 2. The second-order valence-corrected chi connectivity index (χ2v) is 4.88. The number of hydrogen-bond acceptors (Lipinski definition) is 3. The highest BCUT2D eigenvalue weighted by Crippen LogP contribution is 2.32. The number of imide groups is 1. The maximum absolute atomic E-state index is 12.0. The molecule has 0 aliphatic carbocycles. The molecule has 1 aliphatic rings. The minimum atomic E-state index is -0.318. The summed E-state index contributed by atoms with van der Waals surface area (Å²) >= 11 is 0. The molecular formula is C17H15NO3. The number of hydrogen-bond donors (Lipinski definition) is 1. The SMILES string of the molecule is CCc1c(-c2cccc(OC)c2)ccc2c1C(=O)NC2=O. The van der Waals surface area contributed by atoms with Gasteiger partial charge < -0.3 is 4.74 Å². The highest BCUT2D eigenvalue weighted by molar-refractivity contribution is 6.22. The number of amides is 2. The van der Waals surface area contributed by atoms with Gasteiger partial charge in [0.2, 0.25) is 0 Å². The average Bonchev–Trinajstić information content (AvgIpc) is 2.81. The molecule has 21 heavy (non-hydrogen) atoms. The van der Waals surface area contributed by atoms with Gasteiger partial charge >= 0.3 is 0 Å². The van der Waals surface area contributed by atoms with Crippen LogP contribution in [0.15, 0.2) is 36.4 Å². The lowest BCUT2D eigenvalue weighted by atomic mass is 9.91. The van der Waals surface area contributed by atoms with Crippen LogP contribution < -0.4 is 10.1 Å². The quantitative estimate of drug-likeness (QED) is 0.880. The van der Waals surface area contributed by atoms with Crippen molar-refractivity contribution >= 4 is 11.8 Å². The number of benzene rings is 2. The molecule has 1 N–H and O–H groups in total. The summed E-state index contributed by atoms with van der Waals surface area (Å²) in [5, 5.41) is 2.36. The van der Waals surface area contributed by atoms with Gasteiger partial charge in [-0.2, -0.15) is 0 Å². The van der Waals surface area contributed by atoms with Crippen LogP contribution in [0.25, 0.3) is 11.1 Å². The van der Waals surface area contributed by atoms with Crippen LogP contribution in [0.5, 0.6) is 5.75 Å². The fourth-order valence-electron chi connectivity index (χ4n) is 2.76. The Bertz CT molecular complexity index is 750. The lowest BCUT2D eigenvalue weighted by molar-refractivity contribution is 0.0879.